The van der Waals surface area contributed by atoms with E-state index in [2.05, 4.69) is 38.6 Å². The van der Waals surface area contributed by atoms with Crippen molar-refractivity contribution >= 4 is 20.3 Å². The van der Waals surface area contributed by atoms with Crippen molar-refractivity contribution in [2.45, 2.75) is 52.8 Å². The fraction of sp³-hybridized carbons (Fsp3) is 0.579. The smallest absolute Gasteiger partial charge is 0.331 e. The van der Waals surface area contributed by atoms with Crippen molar-refractivity contribution in [2.24, 2.45) is 0 Å². The van der Waals surface area contributed by atoms with Crippen molar-refractivity contribution in [2.75, 3.05) is 19.8 Å². The minimum absolute atomic E-state index is 0.139. The fourth-order valence-electron chi connectivity index (χ4n) is 1.40. The summed E-state index contributed by atoms with van der Waals surface area (Å²) in [5.74, 6) is -1.14. The lowest BCUT2D eigenvalue weighted by molar-refractivity contribution is -0.139. The van der Waals surface area contributed by atoms with Gasteiger partial charge in [0, 0.05) is 12.2 Å². The Hall–Kier alpha value is -1.66. The Labute approximate surface area is 152 Å². The Morgan fingerprint density at radius 1 is 0.960 bits per heavy atom. The molecule has 5 nitrogen and oxygen atoms in total. The molecule has 25 heavy (non-hydrogen) atoms. The molecule has 0 spiro atoms. The average Bonchev–Trinajstić information content (AvgIpc) is 2.48. The SMILES string of the molecule is CCOC(=O)/C=C/C(=O)OC/C=C/C(C)=C/CO[Si](C)(C)C(C)(C)C. The van der Waals surface area contributed by atoms with E-state index in [1.165, 1.54) is 0 Å². The summed E-state index contributed by atoms with van der Waals surface area (Å²) in [6.45, 7) is 15.7. The third kappa shape index (κ3) is 10.7. The summed E-state index contributed by atoms with van der Waals surface area (Å²) in [4.78, 5) is 22.4. The number of hydrogen-bond donors (Lipinski definition) is 0. The van der Waals surface area contributed by atoms with Gasteiger partial charge in [-0.3, -0.25) is 0 Å². The lowest BCUT2D eigenvalue weighted by Gasteiger charge is -2.35. The van der Waals surface area contributed by atoms with Crippen LogP contribution in [0.2, 0.25) is 18.1 Å². The van der Waals surface area contributed by atoms with Gasteiger partial charge in [-0.2, -0.15) is 0 Å². The number of carbonyl (C=O) groups is 2. The van der Waals surface area contributed by atoms with Gasteiger partial charge < -0.3 is 13.9 Å². The van der Waals surface area contributed by atoms with Crippen molar-refractivity contribution in [3.05, 3.63) is 36.0 Å². The molecule has 0 aliphatic rings. The van der Waals surface area contributed by atoms with Crippen LogP contribution in [0.15, 0.2) is 36.0 Å². The summed E-state index contributed by atoms with van der Waals surface area (Å²) >= 11 is 0. The van der Waals surface area contributed by atoms with E-state index in [1.54, 1.807) is 13.0 Å². The van der Waals surface area contributed by atoms with Crippen LogP contribution in [0.25, 0.3) is 0 Å². The first kappa shape index (κ1) is 23.3. The minimum Gasteiger partial charge on any atom is -0.463 e. The molecule has 0 aliphatic heterocycles. The summed E-state index contributed by atoms with van der Waals surface area (Å²) in [5.41, 5.74) is 1.04. The molecule has 0 radical (unpaired) electrons. The predicted molar refractivity (Wildman–Crippen MR) is 103 cm³/mol. The molecule has 0 aromatic carbocycles. The number of rotatable bonds is 9. The van der Waals surface area contributed by atoms with Gasteiger partial charge in [0.25, 0.3) is 0 Å². The van der Waals surface area contributed by atoms with Crippen LogP contribution < -0.4 is 0 Å². The van der Waals surface area contributed by atoms with E-state index in [9.17, 15) is 9.59 Å². The highest BCUT2D eigenvalue weighted by Crippen LogP contribution is 2.36. The molecule has 0 saturated heterocycles. The van der Waals surface area contributed by atoms with Gasteiger partial charge in [-0.25, -0.2) is 9.59 Å². The molecular formula is C19H32O5Si. The number of ether oxygens (including phenoxy) is 2. The molecule has 0 aromatic heterocycles. The monoisotopic (exact) mass is 368 g/mol. The van der Waals surface area contributed by atoms with Gasteiger partial charge in [0.05, 0.1) is 13.2 Å². The highest BCUT2D eigenvalue weighted by Gasteiger charge is 2.36. The van der Waals surface area contributed by atoms with Crippen LogP contribution in [0.1, 0.15) is 34.6 Å². The fourth-order valence-corrected chi connectivity index (χ4v) is 2.34. The molecule has 0 amide bonds. The van der Waals surface area contributed by atoms with E-state index in [0.29, 0.717) is 6.61 Å². The van der Waals surface area contributed by atoms with Crippen LogP contribution in [0, 0.1) is 0 Å². The molecule has 0 saturated carbocycles. The second-order valence-electron chi connectivity index (χ2n) is 7.14. The molecular weight excluding hydrogens is 336 g/mol. The summed E-state index contributed by atoms with van der Waals surface area (Å²) < 4.78 is 15.7. The first-order chi connectivity index (χ1) is 11.5. The van der Waals surface area contributed by atoms with Gasteiger partial charge in [0.15, 0.2) is 8.32 Å². The summed E-state index contributed by atoms with van der Waals surface area (Å²) in [6.07, 6.45) is 7.74. The van der Waals surface area contributed by atoms with Gasteiger partial charge in [-0.05, 0) is 38.1 Å². The van der Waals surface area contributed by atoms with Crippen molar-refractivity contribution in [3.8, 4) is 0 Å². The highest BCUT2D eigenvalue weighted by atomic mass is 28.4. The zero-order valence-corrected chi connectivity index (χ0v) is 17.5. The van der Waals surface area contributed by atoms with Gasteiger partial charge in [0.2, 0.25) is 0 Å². The van der Waals surface area contributed by atoms with Gasteiger partial charge >= 0.3 is 11.9 Å². The van der Waals surface area contributed by atoms with Crippen molar-refractivity contribution in [3.63, 3.8) is 0 Å². The van der Waals surface area contributed by atoms with Crippen LogP contribution in [0.5, 0.6) is 0 Å². The standard InChI is InChI=1S/C19H32O5Si/c1-8-22-17(20)11-12-18(21)23-14-9-10-16(2)13-15-24-25(6,7)19(3,4)5/h9-13H,8,14-15H2,1-7H3/b10-9+,12-11+,16-13+. The normalized spacial score (nSPS) is 13.5. The average molecular weight is 369 g/mol. The maximum Gasteiger partial charge on any atom is 0.331 e. The van der Waals surface area contributed by atoms with Crippen LogP contribution in [0.3, 0.4) is 0 Å². The lowest BCUT2D eigenvalue weighted by atomic mass is 10.2. The van der Waals surface area contributed by atoms with Gasteiger partial charge in [-0.1, -0.05) is 38.5 Å². The molecule has 0 fully saturated rings. The third-order valence-corrected chi connectivity index (χ3v) is 8.50. The number of allylic oxidation sites excluding steroid dienone is 2. The molecule has 6 heteroatoms. The zero-order valence-electron chi connectivity index (χ0n) is 16.5. The number of esters is 2. The molecule has 0 unspecified atom stereocenters. The first-order valence-corrected chi connectivity index (χ1v) is 11.4. The predicted octanol–water partition coefficient (Wildman–Crippen LogP) is 4.17. The Morgan fingerprint density at radius 2 is 1.52 bits per heavy atom. The molecule has 0 N–H and O–H groups in total. The second-order valence-corrected chi connectivity index (χ2v) is 11.9. The molecule has 0 rings (SSSR count). The van der Waals surface area contributed by atoms with Crippen molar-refractivity contribution in [1.82, 2.24) is 0 Å². The minimum atomic E-state index is -1.73. The van der Waals surface area contributed by atoms with Crippen molar-refractivity contribution in [1.29, 1.82) is 0 Å². The Bertz CT molecular complexity index is 524. The van der Waals surface area contributed by atoms with Crippen LogP contribution in [-0.4, -0.2) is 40.1 Å². The first-order valence-electron chi connectivity index (χ1n) is 8.48. The second kappa shape index (κ2) is 11.0. The maximum absolute atomic E-state index is 11.4. The lowest BCUT2D eigenvalue weighted by Crippen LogP contribution is -2.40. The zero-order chi connectivity index (χ0) is 19.5. The van der Waals surface area contributed by atoms with E-state index >= 15 is 0 Å². The van der Waals surface area contributed by atoms with E-state index in [-0.39, 0.29) is 18.3 Å². The van der Waals surface area contributed by atoms with Crippen molar-refractivity contribution < 1.29 is 23.5 Å². The molecule has 0 heterocycles. The quantitative estimate of drug-likeness (QED) is 0.264. The van der Waals surface area contributed by atoms with Gasteiger partial charge in [0.1, 0.15) is 6.61 Å². The Balaban J connectivity index is 4.21. The Kier molecular flexibility index (Phi) is 10.3. The number of hydrogen-bond acceptors (Lipinski definition) is 5. The summed E-state index contributed by atoms with van der Waals surface area (Å²) in [5, 5.41) is 0.190. The van der Waals surface area contributed by atoms with E-state index < -0.39 is 20.3 Å². The summed E-state index contributed by atoms with van der Waals surface area (Å²) in [7, 11) is -1.73. The number of carbonyl (C=O) groups excluding carboxylic acids is 2. The van der Waals surface area contributed by atoms with Crippen LogP contribution in [-0.2, 0) is 23.5 Å². The van der Waals surface area contributed by atoms with Crippen LogP contribution >= 0.6 is 0 Å². The van der Waals surface area contributed by atoms with Crippen LogP contribution in [0.4, 0.5) is 0 Å². The molecule has 0 aliphatic carbocycles. The summed E-state index contributed by atoms with van der Waals surface area (Å²) in [6, 6.07) is 0. The largest absolute Gasteiger partial charge is 0.463 e. The Morgan fingerprint density at radius 3 is 2.04 bits per heavy atom. The molecule has 0 atom stereocenters. The topological polar surface area (TPSA) is 61.8 Å². The maximum atomic E-state index is 11.4. The van der Waals surface area contributed by atoms with E-state index in [1.807, 2.05) is 19.1 Å². The molecule has 0 bridgehead atoms. The molecule has 0 aromatic rings. The van der Waals surface area contributed by atoms with E-state index in [0.717, 1.165) is 17.7 Å². The van der Waals surface area contributed by atoms with Gasteiger partial charge in [-0.15, -0.1) is 0 Å². The molecule has 142 valence electrons. The van der Waals surface area contributed by atoms with E-state index in [4.69, 9.17) is 9.16 Å². The highest BCUT2D eigenvalue weighted by molar-refractivity contribution is 6.74. The third-order valence-electron chi connectivity index (χ3n) is 4.00.